The van der Waals surface area contributed by atoms with E-state index in [1.54, 1.807) is 28.4 Å². The zero-order chi connectivity index (χ0) is 16.7. The van der Waals surface area contributed by atoms with Crippen molar-refractivity contribution in [3.05, 3.63) is 63.7 Å². The lowest BCUT2D eigenvalue weighted by atomic mass is 9.78. The number of carbonyl (C=O) groups is 2. The van der Waals surface area contributed by atoms with Gasteiger partial charge in [0.25, 0.3) is 0 Å². The highest BCUT2D eigenvalue weighted by Gasteiger charge is 2.39. The van der Waals surface area contributed by atoms with Gasteiger partial charge in [-0.3, -0.25) is 14.5 Å². The maximum Gasteiger partial charge on any atom is 0.232 e. The third kappa shape index (κ3) is 2.49. The number of thiophene rings is 1. The Hall–Kier alpha value is -2.27. The van der Waals surface area contributed by atoms with Crippen LogP contribution in [0.5, 0.6) is 0 Å². The molecule has 0 spiro atoms. The average molecular weight is 341 g/mol. The smallest absolute Gasteiger partial charge is 0.232 e. The lowest BCUT2D eigenvalue weighted by molar-refractivity contribution is -0.119. The van der Waals surface area contributed by atoms with E-state index in [9.17, 15) is 14.0 Å². The van der Waals surface area contributed by atoms with Crippen LogP contribution in [0.4, 0.5) is 10.1 Å². The van der Waals surface area contributed by atoms with Crippen LogP contribution in [0.1, 0.15) is 37.2 Å². The molecular formula is C19H16FNO2S. The minimum atomic E-state index is -0.340. The molecule has 1 atom stereocenters. The molecule has 0 saturated carbocycles. The monoisotopic (exact) mass is 341 g/mol. The van der Waals surface area contributed by atoms with Crippen molar-refractivity contribution in [2.24, 2.45) is 0 Å². The SMILES string of the molecule is O=C1CCCC2=C1[C@@H](c1ccsc1)CC(=O)N2c1ccc(F)cc1. The number of halogens is 1. The quantitative estimate of drug-likeness (QED) is 0.811. The van der Waals surface area contributed by atoms with Crippen molar-refractivity contribution < 1.29 is 14.0 Å². The van der Waals surface area contributed by atoms with Crippen molar-refractivity contribution in [3.8, 4) is 0 Å². The number of amides is 1. The van der Waals surface area contributed by atoms with E-state index in [1.807, 2.05) is 16.8 Å². The fourth-order valence-electron chi connectivity index (χ4n) is 3.64. The molecule has 0 unspecified atom stereocenters. The van der Waals surface area contributed by atoms with Crippen LogP contribution in [0.2, 0.25) is 0 Å². The third-order valence-corrected chi connectivity index (χ3v) is 5.41. The second-order valence-corrected chi connectivity index (χ2v) is 6.94. The molecule has 1 aliphatic heterocycles. The molecule has 2 aliphatic rings. The van der Waals surface area contributed by atoms with Crippen LogP contribution in [-0.4, -0.2) is 11.7 Å². The molecule has 24 heavy (non-hydrogen) atoms. The molecule has 1 amide bonds. The van der Waals surface area contributed by atoms with Crippen molar-refractivity contribution in [3.63, 3.8) is 0 Å². The molecule has 122 valence electrons. The predicted molar refractivity (Wildman–Crippen MR) is 91.4 cm³/mol. The van der Waals surface area contributed by atoms with Gasteiger partial charge in [0, 0.05) is 35.7 Å². The summed E-state index contributed by atoms with van der Waals surface area (Å²) >= 11 is 1.57. The Morgan fingerprint density at radius 3 is 2.58 bits per heavy atom. The molecule has 0 radical (unpaired) electrons. The molecule has 1 aliphatic carbocycles. The van der Waals surface area contributed by atoms with Crippen LogP contribution in [0.25, 0.3) is 0 Å². The Labute approximate surface area is 143 Å². The topological polar surface area (TPSA) is 37.4 Å². The van der Waals surface area contributed by atoms with Crippen molar-refractivity contribution in [1.29, 1.82) is 0 Å². The van der Waals surface area contributed by atoms with Gasteiger partial charge in [0.15, 0.2) is 5.78 Å². The highest BCUT2D eigenvalue weighted by molar-refractivity contribution is 7.08. The number of carbonyl (C=O) groups excluding carboxylic acids is 2. The molecule has 3 nitrogen and oxygen atoms in total. The van der Waals surface area contributed by atoms with Gasteiger partial charge in [-0.05, 0) is 59.5 Å². The number of anilines is 1. The summed E-state index contributed by atoms with van der Waals surface area (Å²) in [5.74, 6) is -0.394. The third-order valence-electron chi connectivity index (χ3n) is 4.71. The summed E-state index contributed by atoms with van der Waals surface area (Å²) in [5.41, 5.74) is 3.23. The summed E-state index contributed by atoms with van der Waals surface area (Å²) in [6, 6.07) is 7.88. The zero-order valence-corrected chi connectivity index (χ0v) is 13.8. The van der Waals surface area contributed by atoms with Crippen molar-refractivity contribution in [1.82, 2.24) is 0 Å². The van der Waals surface area contributed by atoms with Gasteiger partial charge in [-0.15, -0.1) is 0 Å². The van der Waals surface area contributed by atoms with Crippen molar-refractivity contribution in [2.45, 2.75) is 31.6 Å². The van der Waals surface area contributed by atoms with Gasteiger partial charge in [-0.2, -0.15) is 11.3 Å². The summed E-state index contributed by atoms with van der Waals surface area (Å²) < 4.78 is 13.2. The van der Waals surface area contributed by atoms with E-state index in [0.717, 1.165) is 23.3 Å². The first kappa shape index (κ1) is 15.3. The molecule has 1 aromatic heterocycles. The summed E-state index contributed by atoms with van der Waals surface area (Å²) in [6.45, 7) is 0. The van der Waals surface area contributed by atoms with Crippen molar-refractivity contribution >= 4 is 28.7 Å². The Morgan fingerprint density at radius 1 is 1.08 bits per heavy atom. The van der Waals surface area contributed by atoms with Gasteiger partial charge in [0.2, 0.25) is 5.91 Å². The van der Waals surface area contributed by atoms with E-state index in [1.165, 1.54) is 12.1 Å². The molecule has 2 aromatic rings. The van der Waals surface area contributed by atoms with Gasteiger partial charge < -0.3 is 0 Å². The predicted octanol–water partition coefficient (Wildman–Crippen LogP) is 4.41. The lowest BCUT2D eigenvalue weighted by Gasteiger charge is -2.38. The Balaban J connectivity index is 1.85. The first-order valence-corrected chi connectivity index (χ1v) is 8.96. The van der Waals surface area contributed by atoms with Crippen LogP contribution >= 0.6 is 11.3 Å². The number of allylic oxidation sites excluding steroid dienone is 2. The minimum absolute atomic E-state index is 0.0359. The summed E-state index contributed by atoms with van der Waals surface area (Å²) in [7, 11) is 0. The van der Waals surface area contributed by atoms with E-state index < -0.39 is 0 Å². The number of rotatable bonds is 2. The van der Waals surface area contributed by atoms with Gasteiger partial charge in [0.1, 0.15) is 5.82 Å². The fourth-order valence-corrected chi connectivity index (χ4v) is 4.35. The molecule has 5 heteroatoms. The fraction of sp³-hybridized carbons (Fsp3) is 0.263. The average Bonchev–Trinajstić information content (AvgIpc) is 3.10. The maximum atomic E-state index is 13.2. The molecule has 4 rings (SSSR count). The standard InChI is InChI=1S/C19H16FNO2S/c20-13-4-6-14(7-5-13)21-16-2-1-3-17(22)19(16)15(10-18(21)23)12-8-9-24-11-12/h4-9,11,15H,1-3,10H2/t15-/m1/s1. The number of Topliss-reactive ketones (excluding diaryl/α,β-unsaturated/α-hetero) is 1. The summed E-state index contributed by atoms with van der Waals surface area (Å²) in [4.78, 5) is 27.1. The molecule has 2 heterocycles. The molecular weight excluding hydrogens is 325 g/mol. The number of hydrogen-bond acceptors (Lipinski definition) is 3. The van der Waals surface area contributed by atoms with Gasteiger partial charge in [-0.25, -0.2) is 4.39 Å². The first-order chi connectivity index (χ1) is 11.6. The number of benzene rings is 1. The van der Waals surface area contributed by atoms with E-state index in [2.05, 4.69) is 0 Å². The summed E-state index contributed by atoms with van der Waals surface area (Å²) in [5, 5.41) is 3.98. The molecule has 0 fully saturated rings. The number of hydrogen-bond donors (Lipinski definition) is 0. The Bertz CT molecular complexity index is 824. The van der Waals surface area contributed by atoms with E-state index in [-0.39, 0.29) is 29.8 Å². The van der Waals surface area contributed by atoms with Crippen LogP contribution in [-0.2, 0) is 9.59 Å². The highest BCUT2D eigenvalue weighted by Crippen LogP contribution is 2.43. The van der Waals surface area contributed by atoms with Crippen LogP contribution in [0.15, 0.2) is 52.4 Å². The highest BCUT2D eigenvalue weighted by atomic mass is 32.1. The normalized spacial score (nSPS) is 21.2. The first-order valence-electron chi connectivity index (χ1n) is 8.02. The number of ketones is 1. The molecule has 1 aromatic carbocycles. The minimum Gasteiger partial charge on any atom is -0.294 e. The molecule has 0 N–H and O–H groups in total. The Morgan fingerprint density at radius 2 is 1.88 bits per heavy atom. The van der Waals surface area contributed by atoms with Crippen LogP contribution in [0, 0.1) is 5.82 Å². The van der Waals surface area contributed by atoms with Crippen LogP contribution < -0.4 is 4.90 Å². The van der Waals surface area contributed by atoms with Crippen LogP contribution in [0.3, 0.4) is 0 Å². The second-order valence-electron chi connectivity index (χ2n) is 6.16. The van der Waals surface area contributed by atoms with E-state index in [0.29, 0.717) is 18.5 Å². The van der Waals surface area contributed by atoms with E-state index in [4.69, 9.17) is 0 Å². The van der Waals surface area contributed by atoms with Gasteiger partial charge >= 0.3 is 0 Å². The number of nitrogens with zero attached hydrogens (tertiary/aromatic N) is 1. The maximum absolute atomic E-state index is 13.2. The van der Waals surface area contributed by atoms with E-state index >= 15 is 0 Å². The van der Waals surface area contributed by atoms with Gasteiger partial charge in [-0.1, -0.05) is 0 Å². The molecule has 0 bridgehead atoms. The van der Waals surface area contributed by atoms with Gasteiger partial charge in [0.05, 0.1) is 0 Å². The lowest BCUT2D eigenvalue weighted by Crippen LogP contribution is -2.40. The zero-order valence-electron chi connectivity index (χ0n) is 13.0. The van der Waals surface area contributed by atoms with Crippen molar-refractivity contribution in [2.75, 3.05) is 4.90 Å². The molecule has 0 saturated heterocycles. The summed E-state index contributed by atoms with van der Waals surface area (Å²) in [6.07, 6.45) is 2.26. The largest absolute Gasteiger partial charge is 0.294 e. The second kappa shape index (κ2) is 5.98. The Kier molecular flexibility index (Phi) is 3.81.